The number of carbonyl (C=O) groups is 2. The fraction of sp³-hybridized carbons (Fsp3) is 0.458. The summed E-state index contributed by atoms with van der Waals surface area (Å²) in [7, 11) is 0. The summed E-state index contributed by atoms with van der Waals surface area (Å²) in [4.78, 5) is 33.9. The number of aromatic nitrogens is 1. The van der Waals surface area contributed by atoms with Gasteiger partial charge >= 0.3 is 5.97 Å². The minimum atomic E-state index is -0.882. The molecule has 4 rings (SSSR count). The molecule has 0 saturated carbocycles. The zero-order chi connectivity index (χ0) is 21.8. The van der Waals surface area contributed by atoms with Crippen LogP contribution in [-0.4, -0.2) is 53.0 Å². The van der Waals surface area contributed by atoms with E-state index in [0.717, 1.165) is 37.2 Å². The zero-order valence-electron chi connectivity index (χ0n) is 18.0. The Balaban J connectivity index is 1.52. The molecule has 2 aromatic rings. The molecule has 2 aliphatic heterocycles. The first-order valence-electron chi connectivity index (χ1n) is 11.2. The van der Waals surface area contributed by atoms with Crippen LogP contribution in [0, 0.1) is 5.92 Å². The van der Waals surface area contributed by atoms with Crippen LogP contribution < -0.4 is 10.2 Å². The maximum Gasteiger partial charge on any atom is 0.325 e. The molecule has 31 heavy (non-hydrogen) atoms. The maximum absolute atomic E-state index is 13.5. The standard InChI is InChI=1S/C24H30N4O3/c1-2-14-28(20-11-10-18-9-6-13-25-22(18)26-20)23(29)19-12-15-27(16-19)21(24(30)31)17-7-4-3-5-8-17/h3-5,7-8,10-11,19,21H,2,6,9,12-16H2,1H3,(H,25,26)(H,30,31)/t19-,21?/m1/s1. The van der Waals surface area contributed by atoms with Crippen molar-refractivity contribution in [2.24, 2.45) is 5.92 Å². The summed E-state index contributed by atoms with van der Waals surface area (Å²) in [5, 5.41) is 13.2. The Morgan fingerprint density at radius 3 is 2.81 bits per heavy atom. The fourth-order valence-corrected chi connectivity index (χ4v) is 4.62. The zero-order valence-corrected chi connectivity index (χ0v) is 18.0. The van der Waals surface area contributed by atoms with Gasteiger partial charge in [0.05, 0.1) is 5.92 Å². The van der Waals surface area contributed by atoms with E-state index in [1.165, 1.54) is 5.56 Å². The second kappa shape index (κ2) is 9.47. The average Bonchev–Trinajstić information content (AvgIpc) is 3.27. The minimum absolute atomic E-state index is 0.0322. The number of aryl methyl sites for hydroxylation is 1. The van der Waals surface area contributed by atoms with Gasteiger partial charge in [-0.1, -0.05) is 43.3 Å². The van der Waals surface area contributed by atoms with Crippen LogP contribution in [0.15, 0.2) is 42.5 Å². The first-order chi connectivity index (χ1) is 15.1. The van der Waals surface area contributed by atoms with Gasteiger partial charge in [-0.3, -0.25) is 19.4 Å². The van der Waals surface area contributed by atoms with Gasteiger partial charge in [0, 0.05) is 26.2 Å². The van der Waals surface area contributed by atoms with E-state index in [4.69, 9.17) is 4.98 Å². The first-order valence-corrected chi connectivity index (χ1v) is 11.2. The fourth-order valence-electron chi connectivity index (χ4n) is 4.62. The van der Waals surface area contributed by atoms with Gasteiger partial charge in [0.2, 0.25) is 5.91 Å². The molecule has 164 valence electrons. The number of hydrogen-bond acceptors (Lipinski definition) is 5. The molecule has 1 aromatic heterocycles. The number of nitrogens with zero attached hydrogens (tertiary/aromatic N) is 3. The van der Waals surface area contributed by atoms with Gasteiger partial charge in [0.1, 0.15) is 17.7 Å². The van der Waals surface area contributed by atoms with E-state index >= 15 is 0 Å². The molecule has 7 heteroatoms. The number of amides is 1. The van der Waals surface area contributed by atoms with Crippen molar-refractivity contribution in [3.05, 3.63) is 53.6 Å². The topological polar surface area (TPSA) is 85.8 Å². The lowest BCUT2D eigenvalue weighted by molar-refractivity contribution is -0.143. The Hall–Kier alpha value is -2.93. The van der Waals surface area contributed by atoms with Crippen LogP contribution >= 0.6 is 0 Å². The van der Waals surface area contributed by atoms with Crippen molar-refractivity contribution in [1.82, 2.24) is 9.88 Å². The number of carboxylic acids is 1. The highest BCUT2D eigenvalue weighted by Crippen LogP contribution is 2.31. The summed E-state index contributed by atoms with van der Waals surface area (Å²) in [5.74, 6) is 0.469. The lowest BCUT2D eigenvalue weighted by atomic mass is 10.0. The number of carbonyl (C=O) groups excluding carboxylic acids is 1. The second-order valence-electron chi connectivity index (χ2n) is 8.33. The van der Waals surface area contributed by atoms with Gasteiger partial charge < -0.3 is 10.4 Å². The number of pyridine rings is 1. The van der Waals surface area contributed by atoms with Gasteiger partial charge in [-0.25, -0.2) is 4.98 Å². The highest BCUT2D eigenvalue weighted by atomic mass is 16.4. The predicted molar refractivity (Wildman–Crippen MR) is 120 cm³/mol. The average molecular weight is 423 g/mol. The van der Waals surface area contributed by atoms with E-state index in [9.17, 15) is 14.7 Å². The van der Waals surface area contributed by atoms with Crippen molar-refractivity contribution in [1.29, 1.82) is 0 Å². The van der Waals surface area contributed by atoms with E-state index in [2.05, 4.69) is 11.4 Å². The molecular formula is C24H30N4O3. The molecule has 3 heterocycles. The third kappa shape index (κ3) is 4.56. The Labute approximate surface area is 183 Å². The molecular weight excluding hydrogens is 392 g/mol. The van der Waals surface area contributed by atoms with Crippen molar-refractivity contribution < 1.29 is 14.7 Å². The summed E-state index contributed by atoms with van der Waals surface area (Å²) in [6.07, 6.45) is 3.58. The smallest absolute Gasteiger partial charge is 0.325 e. The van der Waals surface area contributed by atoms with Gasteiger partial charge in [0.15, 0.2) is 0 Å². The first kappa shape index (κ1) is 21.3. The largest absolute Gasteiger partial charge is 0.480 e. The summed E-state index contributed by atoms with van der Waals surface area (Å²) >= 11 is 0. The van der Waals surface area contributed by atoms with Gasteiger partial charge in [0.25, 0.3) is 0 Å². The van der Waals surface area contributed by atoms with E-state index in [0.29, 0.717) is 31.9 Å². The van der Waals surface area contributed by atoms with Crippen LogP contribution in [0.1, 0.15) is 43.4 Å². The number of hydrogen-bond donors (Lipinski definition) is 2. The van der Waals surface area contributed by atoms with Crippen LogP contribution in [0.25, 0.3) is 0 Å². The Morgan fingerprint density at radius 2 is 2.06 bits per heavy atom. The number of rotatable bonds is 7. The highest BCUT2D eigenvalue weighted by Gasteiger charge is 2.38. The Morgan fingerprint density at radius 1 is 1.26 bits per heavy atom. The molecule has 2 N–H and O–H groups in total. The molecule has 1 amide bonds. The molecule has 0 aliphatic carbocycles. The lowest BCUT2D eigenvalue weighted by Gasteiger charge is -2.27. The molecule has 1 aromatic carbocycles. The normalized spacial score (nSPS) is 19.3. The predicted octanol–water partition coefficient (Wildman–Crippen LogP) is 3.33. The molecule has 0 radical (unpaired) electrons. The SMILES string of the molecule is CCCN(C(=O)[C@@H]1CCN(C(C(=O)O)c2ccccc2)C1)c1ccc2c(n1)NCCC2. The third-order valence-electron chi connectivity index (χ3n) is 6.15. The number of likely N-dealkylation sites (tertiary alicyclic amines) is 1. The Kier molecular flexibility index (Phi) is 6.51. The summed E-state index contributed by atoms with van der Waals surface area (Å²) in [6.45, 7) is 4.57. The van der Waals surface area contributed by atoms with Crippen molar-refractivity contribution in [3.8, 4) is 0 Å². The monoisotopic (exact) mass is 422 g/mol. The van der Waals surface area contributed by atoms with Gasteiger partial charge in [-0.2, -0.15) is 0 Å². The van der Waals surface area contributed by atoms with Crippen LogP contribution in [0.4, 0.5) is 11.6 Å². The number of carboxylic acid groups (broad SMARTS) is 1. The van der Waals surface area contributed by atoms with Crippen molar-refractivity contribution in [2.45, 2.75) is 38.6 Å². The number of anilines is 2. The van der Waals surface area contributed by atoms with Gasteiger partial charge in [-0.05, 0) is 42.9 Å². The molecule has 1 saturated heterocycles. The van der Waals surface area contributed by atoms with Crippen LogP contribution in [0.5, 0.6) is 0 Å². The van der Waals surface area contributed by atoms with E-state index in [1.54, 1.807) is 4.90 Å². The molecule has 0 bridgehead atoms. The van der Waals surface area contributed by atoms with Crippen molar-refractivity contribution in [2.75, 3.05) is 36.4 Å². The van der Waals surface area contributed by atoms with E-state index < -0.39 is 12.0 Å². The third-order valence-corrected chi connectivity index (χ3v) is 6.15. The maximum atomic E-state index is 13.5. The number of nitrogens with one attached hydrogen (secondary N) is 1. The Bertz CT molecular complexity index is 934. The van der Waals surface area contributed by atoms with Crippen LogP contribution in [0.2, 0.25) is 0 Å². The van der Waals surface area contributed by atoms with Crippen LogP contribution in [-0.2, 0) is 16.0 Å². The molecule has 2 aliphatic rings. The van der Waals surface area contributed by atoms with E-state index in [1.807, 2.05) is 48.2 Å². The van der Waals surface area contributed by atoms with E-state index in [-0.39, 0.29) is 11.8 Å². The molecule has 1 unspecified atom stereocenters. The summed E-state index contributed by atoms with van der Waals surface area (Å²) in [5.41, 5.74) is 1.94. The van der Waals surface area contributed by atoms with Crippen LogP contribution in [0.3, 0.4) is 0 Å². The number of fused-ring (bicyclic) bond motifs is 1. The number of aliphatic carboxylic acids is 1. The quantitative estimate of drug-likeness (QED) is 0.712. The van der Waals surface area contributed by atoms with Crippen molar-refractivity contribution in [3.63, 3.8) is 0 Å². The molecule has 7 nitrogen and oxygen atoms in total. The number of benzene rings is 1. The lowest BCUT2D eigenvalue weighted by Crippen LogP contribution is -2.40. The highest BCUT2D eigenvalue weighted by molar-refractivity contribution is 5.94. The van der Waals surface area contributed by atoms with Crippen molar-refractivity contribution >= 4 is 23.5 Å². The summed E-state index contributed by atoms with van der Waals surface area (Å²) < 4.78 is 0. The summed E-state index contributed by atoms with van der Waals surface area (Å²) in [6, 6.07) is 12.5. The minimum Gasteiger partial charge on any atom is -0.480 e. The molecule has 0 spiro atoms. The second-order valence-corrected chi connectivity index (χ2v) is 8.33. The molecule has 2 atom stereocenters. The van der Waals surface area contributed by atoms with Gasteiger partial charge in [-0.15, -0.1) is 0 Å². The molecule has 1 fully saturated rings.